The van der Waals surface area contributed by atoms with Crippen molar-refractivity contribution in [3.8, 4) is 0 Å². The maximum Gasteiger partial charge on any atom is 0.413 e. The number of hydrogen-bond donors (Lipinski definition) is 1. The van der Waals surface area contributed by atoms with E-state index in [0.717, 1.165) is 10.8 Å². The molecule has 1 aromatic heterocycles. The monoisotopic (exact) mass is 300 g/mol. The fraction of sp³-hybridized carbons (Fsp3) is 0.444. The van der Waals surface area contributed by atoms with Crippen molar-refractivity contribution in [3.05, 3.63) is 35.0 Å². The molecule has 0 saturated heterocycles. The Balaban J connectivity index is 2.52. The van der Waals surface area contributed by atoms with Gasteiger partial charge in [-0.05, 0) is 67.8 Å². The highest BCUT2D eigenvalue weighted by Crippen LogP contribution is 2.32. The average molecular weight is 300 g/mol. The number of benzene rings is 1. The van der Waals surface area contributed by atoms with Gasteiger partial charge in [-0.3, -0.25) is 5.32 Å². The summed E-state index contributed by atoms with van der Waals surface area (Å²) in [5.41, 5.74) is 3.82. The maximum atomic E-state index is 11.8. The van der Waals surface area contributed by atoms with E-state index in [-0.39, 0.29) is 6.10 Å². The Hall–Kier alpha value is -2.10. The number of anilines is 1. The number of amides is 1. The van der Waals surface area contributed by atoms with Crippen molar-refractivity contribution in [1.29, 1.82) is 0 Å². The molecule has 0 aliphatic carbocycles. The second-order valence-electron chi connectivity index (χ2n) is 6.22. The zero-order valence-electron chi connectivity index (χ0n) is 14.2. The standard InChI is InChI=1S/C18H24N2O2/c1-10(2)16-12(5)9-15-14(13(16)6)7-8-19-17(15)20-18(21)22-11(3)4/h7-11H,1-6H3,(H,19,20,21). The van der Waals surface area contributed by atoms with Crippen LogP contribution in [0.3, 0.4) is 0 Å². The predicted molar refractivity (Wildman–Crippen MR) is 90.5 cm³/mol. The van der Waals surface area contributed by atoms with Gasteiger partial charge in [-0.2, -0.15) is 0 Å². The fourth-order valence-corrected chi connectivity index (χ4v) is 3.01. The first kappa shape index (κ1) is 16.3. The van der Waals surface area contributed by atoms with Gasteiger partial charge in [0.25, 0.3) is 0 Å². The van der Waals surface area contributed by atoms with Crippen LogP contribution < -0.4 is 5.32 Å². The summed E-state index contributed by atoms with van der Waals surface area (Å²) < 4.78 is 5.14. The number of carbonyl (C=O) groups excluding carboxylic acids is 1. The number of rotatable bonds is 3. The number of hydrogen-bond acceptors (Lipinski definition) is 3. The summed E-state index contributed by atoms with van der Waals surface area (Å²) in [5, 5.41) is 4.81. The third-order valence-corrected chi connectivity index (χ3v) is 3.72. The number of nitrogens with one attached hydrogen (secondary N) is 1. The highest BCUT2D eigenvalue weighted by atomic mass is 16.6. The van der Waals surface area contributed by atoms with E-state index in [0.29, 0.717) is 11.7 Å². The molecule has 2 aromatic rings. The third kappa shape index (κ3) is 3.21. The van der Waals surface area contributed by atoms with E-state index in [1.165, 1.54) is 16.7 Å². The van der Waals surface area contributed by atoms with Gasteiger partial charge < -0.3 is 4.74 Å². The van der Waals surface area contributed by atoms with Crippen molar-refractivity contribution in [3.63, 3.8) is 0 Å². The summed E-state index contributed by atoms with van der Waals surface area (Å²) in [6.07, 6.45) is 1.09. The molecule has 0 fully saturated rings. The van der Waals surface area contributed by atoms with Crippen LogP contribution >= 0.6 is 0 Å². The molecule has 4 nitrogen and oxygen atoms in total. The van der Waals surface area contributed by atoms with Crippen molar-refractivity contribution in [2.75, 3.05) is 5.32 Å². The summed E-state index contributed by atoms with van der Waals surface area (Å²) >= 11 is 0. The zero-order valence-corrected chi connectivity index (χ0v) is 14.2. The Morgan fingerprint density at radius 1 is 1.18 bits per heavy atom. The number of nitrogens with zero attached hydrogens (tertiary/aromatic N) is 1. The Morgan fingerprint density at radius 3 is 2.45 bits per heavy atom. The van der Waals surface area contributed by atoms with Crippen LogP contribution in [0.1, 0.15) is 50.3 Å². The van der Waals surface area contributed by atoms with Crippen molar-refractivity contribution >= 4 is 22.7 Å². The second kappa shape index (κ2) is 6.34. The lowest BCUT2D eigenvalue weighted by atomic mass is 9.89. The van der Waals surface area contributed by atoms with Gasteiger partial charge in [-0.1, -0.05) is 13.8 Å². The van der Waals surface area contributed by atoms with Crippen LogP contribution in [0.25, 0.3) is 10.8 Å². The number of aryl methyl sites for hydroxylation is 2. The summed E-state index contributed by atoms with van der Waals surface area (Å²) in [6, 6.07) is 4.09. The molecule has 0 aliphatic heterocycles. The minimum atomic E-state index is -0.474. The molecule has 0 atom stereocenters. The van der Waals surface area contributed by atoms with E-state index in [9.17, 15) is 4.79 Å². The highest BCUT2D eigenvalue weighted by molar-refractivity contribution is 6.00. The van der Waals surface area contributed by atoms with E-state index in [1.807, 2.05) is 19.9 Å². The van der Waals surface area contributed by atoms with Gasteiger partial charge in [-0.25, -0.2) is 9.78 Å². The Morgan fingerprint density at radius 2 is 1.86 bits per heavy atom. The average Bonchev–Trinajstić information content (AvgIpc) is 2.38. The minimum absolute atomic E-state index is 0.161. The van der Waals surface area contributed by atoms with E-state index in [2.05, 4.69) is 44.1 Å². The van der Waals surface area contributed by atoms with Gasteiger partial charge in [-0.15, -0.1) is 0 Å². The lowest BCUT2D eigenvalue weighted by Crippen LogP contribution is -2.18. The van der Waals surface area contributed by atoms with Crippen LogP contribution in [0, 0.1) is 13.8 Å². The van der Waals surface area contributed by atoms with E-state index in [4.69, 9.17) is 4.74 Å². The molecule has 0 saturated carbocycles. The van der Waals surface area contributed by atoms with Crippen LogP contribution in [0.5, 0.6) is 0 Å². The van der Waals surface area contributed by atoms with Gasteiger partial charge in [0.05, 0.1) is 6.10 Å². The number of ether oxygens (including phenoxy) is 1. The predicted octanol–water partition coefficient (Wildman–Crippen LogP) is 4.93. The molecule has 1 amide bonds. The van der Waals surface area contributed by atoms with Crippen LogP contribution in [0.15, 0.2) is 18.3 Å². The number of carbonyl (C=O) groups is 1. The zero-order chi connectivity index (χ0) is 16.4. The summed E-state index contributed by atoms with van der Waals surface area (Å²) in [6.45, 7) is 12.3. The van der Waals surface area contributed by atoms with Crippen molar-refractivity contribution in [2.24, 2.45) is 0 Å². The second-order valence-corrected chi connectivity index (χ2v) is 6.22. The molecule has 0 radical (unpaired) electrons. The lowest BCUT2D eigenvalue weighted by molar-refractivity contribution is 0.130. The number of fused-ring (bicyclic) bond motifs is 1. The number of pyridine rings is 1. The molecule has 2 rings (SSSR count). The summed E-state index contributed by atoms with van der Waals surface area (Å²) in [5.74, 6) is 1.00. The van der Waals surface area contributed by atoms with Gasteiger partial charge in [0, 0.05) is 11.6 Å². The molecule has 0 spiro atoms. The van der Waals surface area contributed by atoms with Crippen LogP contribution in [0.2, 0.25) is 0 Å². The molecule has 1 heterocycles. The third-order valence-electron chi connectivity index (χ3n) is 3.72. The molecule has 1 N–H and O–H groups in total. The van der Waals surface area contributed by atoms with Gasteiger partial charge in [0.2, 0.25) is 0 Å². The Kier molecular flexibility index (Phi) is 4.69. The van der Waals surface area contributed by atoms with Gasteiger partial charge in [0.1, 0.15) is 5.82 Å². The fourth-order valence-electron chi connectivity index (χ4n) is 3.01. The Bertz CT molecular complexity index is 706. The summed E-state index contributed by atoms with van der Waals surface area (Å²) in [7, 11) is 0. The van der Waals surface area contributed by atoms with Crippen molar-refractivity contribution < 1.29 is 9.53 Å². The van der Waals surface area contributed by atoms with Crippen molar-refractivity contribution in [2.45, 2.75) is 53.6 Å². The SMILES string of the molecule is Cc1cc2c(NC(=O)OC(C)C)nccc2c(C)c1C(C)C. The van der Waals surface area contributed by atoms with E-state index < -0.39 is 6.09 Å². The largest absolute Gasteiger partial charge is 0.447 e. The molecule has 4 heteroatoms. The topological polar surface area (TPSA) is 51.2 Å². The first-order chi connectivity index (χ1) is 10.3. The van der Waals surface area contributed by atoms with Gasteiger partial charge in [0.15, 0.2) is 0 Å². The molecule has 0 bridgehead atoms. The molecule has 1 aromatic carbocycles. The summed E-state index contributed by atoms with van der Waals surface area (Å²) in [4.78, 5) is 16.1. The molecular weight excluding hydrogens is 276 g/mol. The molecule has 0 aliphatic rings. The highest BCUT2D eigenvalue weighted by Gasteiger charge is 2.15. The normalized spacial score (nSPS) is 11.3. The molecule has 118 valence electrons. The maximum absolute atomic E-state index is 11.8. The number of aromatic nitrogens is 1. The lowest BCUT2D eigenvalue weighted by Gasteiger charge is -2.18. The molecular formula is C18H24N2O2. The van der Waals surface area contributed by atoms with Crippen molar-refractivity contribution in [1.82, 2.24) is 4.98 Å². The van der Waals surface area contributed by atoms with Crippen LogP contribution in [-0.4, -0.2) is 17.2 Å². The van der Waals surface area contributed by atoms with Crippen LogP contribution in [0.4, 0.5) is 10.6 Å². The quantitative estimate of drug-likeness (QED) is 0.874. The minimum Gasteiger partial charge on any atom is -0.447 e. The molecule has 22 heavy (non-hydrogen) atoms. The van der Waals surface area contributed by atoms with E-state index >= 15 is 0 Å². The Labute approximate surface area is 131 Å². The molecule has 0 unspecified atom stereocenters. The first-order valence-electron chi connectivity index (χ1n) is 7.67. The van der Waals surface area contributed by atoms with E-state index in [1.54, 1.807) is 6.20 Å². The first-order valence-corrected chi connectivity index (χ1v) is 7.67. The smallest absolute Gasteiger partial charge is 0.413 e. The van der Waals surface area contributed by atoms with Gasteiger partial charge >= 0.3 is 6.09 Å². The van der Waals surface area contributed by atoms with Crippen LogP contribution in [-0.2, 0) is 4.74 Å².